The molecule has 0 atom stereocenters. The lowest BCUT2D eigenvalue weighted by Gasteiger charge is -2.10. The van der Waals surface area contributed by atoms with E-state index in [1.54, 1.807) is 13.0 Å². The zero-order valence-electron chi connectivity index (χ0n) is 18.1. The molecule has 0 aliphatic heterocycles. The Morgan fingerprint density at radius 1 is 1.23 bits per heavy atom. The maximum absolute atomic E-state index is 11.4. The van der Waals surface area contributed by atoms with Gasteiger partial charge in [-0.2, -0.15) is 5.10 Å². The van der Waals surface area contributed by atoms with Crippen LogP contribution in [0.4, 0.5) is 10.8 Å². The molecule has 162 valence electrons. The standard InChI is InChI=1S/C22H24N4O4S/c1-6-30-21-18(26(27)28)9-16(10-19(21)29-5)11-23-25-22-24-17(12-31-22)20-14(3)7-13(2)8-15(20)4/h7-12H,6H2,1-5H3,(H,24,25)/b23-11-. The first-order valence-electron chi connectivity index (χ1n) is 9.66. The van der Waals surface area contributed by atoms with Crippen molar-refractivity contribution in [2.24, 2.45) is 5.10 Å². The van der Waals surface area contributed by atoms with E-state index in [2.05, 4.69) is 48.4 Å². The van der Waals surface area contributed by atoms with E-state index >= 15 is 0 Å². The zero-order valence-corrected chi connectivity index (χ0v) is 18.9. The van der Waals surface area contributed by atoms with Crippen LogP contribution in [0.3, 0.4) is 0 Å². The number of aryl methyl sites for hydroxylation is 3. The Bertz CT molecular complexity index is 1120. The molecular formula is C22H24N4O4S. The molecule has 9 heteroatoms. The monoisotopic (exact) mass is 440 g/mol. The van der Waals surface area contributed by atoms with E-state index in [9.17, 15) is 10.1 Å². The van der Waals surface area contributed by atoms with Crippen molar-refractivity contribution in [1.29, 1.82) is 0 Å². The summed E-state index contributed by atoms with van der Waals surface area (Å²) in [4.78, 5) is 15.5. The number of aromatic nitrogens is 1. The summed E-state index contributed by atoms with van der Waals surface area (Å²) in [5, 5.41) is 18.2. The number of benzene rings is 2. The third kappa shape index (κ3) is 5.00. The summed E-state index contributed by atoms with van der Waals surface area (Å²) in [5.74, 6) is 0.382. The normalized spacial score (nSPS) is 11.0. The summed E-state index contributed by atoms with van der Waals surface area (Å²) >= 11 is 1.44. The van der Waals surface area contributed by atoms with E-state index in [-0.39, 0.29) is 17.2 Å². The van der Waals surface area contributed by atoms with Crippen LogP contribution in [0, 0.1) is 30.9 Å². The number of methoxy groups -OCH3 is 1. The van der Waals surface area contributed by atoms with E-state index in [0.717, 1.165) is 11.3 Å². The predicted octanol–water partition coefficient (Wildman–Crippen LogP) is 5.50. The van der Waals surface area contributed by atoms with Crippen LogP contribution in [-0.2, 0) is 0 Å². The zero-order chi connectivity index (χ0) is 22.5. The highest BCUT2D eigenvalue weighted by atomic mass is 32.1. The van der Waals surface area contributed by atoms with Gasteiger partial charge < -0.3 is 9.47 Å². The molecule has 3 rings (SSSR count). The molecule has 3 aromatic rings. The van der Waals surface area contributed by atoms with Crippen LogP contribution in [-0.4, -0.2) is 29.8 Å². The molecule has 0 fully saturated rings. The molecule has 1 N–H and O–H groups in total. The van der Waals surface area contributed by atoms with Gasteiger partial charge in [-0.3, -0.25) is 15.5 Å². The van der Waals surface area contributed by atoms with E-state index in [1.165, 1.54) is 47.4 Å². The lowest BCUT2D eigenvalue weighted by atomic mass is 9.98. The number of ether oxygens (including phenoxy) is 2. The van der Waals surface area contributed by atoms with Crippen LogP contribution >= 0.6 is 11.3 Å². The van der Waals surface area contributed by atoms with E-state index in [0.29, 0.717) is 17.3 Å². The van der Waals surface area contributed by atoms with Gasteiger partial charge >= 0.3 is 5.69 Å². The summed E-state index contributed by atoms with van der Waals surface area (Å²) in [6.45, 7) is 8.27. The molecule has 1 aromatic heterocycles. The molecule has 0 bridgehead atoms. The SMILES string of the molecule is CCOc1c(OC)cc(/C=N\Nc2nc(-c3c(C)cc(C)cc3C)cs2)cc1[N+](=O)[O-]. The highest BCUT2D eigenvalue weighted by molar-refractivity contribution is 7.14. The molecule has 0 unspecified atom stereocenters. The Morgan fingerprint density at radius 2 is 1.94 bits per heavy atom. The van der Waals surface area contributed by atoms with E-state index in [4.69, 9.17) is 9.47 Å². The Labute approximate surface area is 184 Å². The quantitative estimate of drug-likeness (QED) is 0.282. The van der Waals surface area contributed by atoms with Crippen LogP contribution in [0.15, 0.2) is 34.7 Å². The topological polar surface area (TPSA) is 98.9 Å². The molecule has 0 amide bonds. The van der Waals surface area contributed by atoms with Crippen molar-refractivity contribution in [3.63, 3.8) is 0 Å². The third-order valence-corrected chi connectivity index (χ3v) is 5.32. The fourth-order valence-corrected chi connectivity index (χ4v) is 4.10. The molecule has 0 aliphatic rings. The summed E-state index contributed by atoms with van der Waals surface area (Å²) < 4.78 is 10.6. The number of anilines is 1. The van der Waals surface area contributed by atoms with Crippen LogP contribution in [0.1, 0.15) is 29.2 Å². The lowest BCUT2D eigenvalue weighted by molar-refractivity contribution is -0.385. The van der Waals surface area contributed by atoms with Crippen LogP contribution in [0.25, 0.3) is 11.3 Å². The molecule has 31 heavy (non-hydrogen) atoms. The fourth-order valence-electron chi connectivity index (χ4n) is 3.45. The minimum atomic E-state index is -0.502. The van der Waals surface area contributed by atoms with Crippen molar-refractivity contribution in [2.75, 3.05) is 19.1 Å². The van der Waals surface area contributed by atoms with Gasteiger partial charge in [0.2, 0.25) is 10.9 Å². The first-order chi connectivity index (χ1) is 14.8. The molecular weight excluding hydrogens is 416 g/mol. The summed E-state index contributed by atoms with van der Waals surface area (Å²) in [5.41, 5.74) is 8.79. The molecule has 0 saturated carbocycles. The van der Waals surface area contributed by atoms with Gasteiger partial charge in [-0.1, -0.05) is 17.7 Å². The van der Waals surface area contributed by atoms with Gasteiger partial charge in [-0.15, -0.1) is 11.3 Å². The van der Waals surface area contributed by atoms with Crippen molar-refractivity contribution < 1.29 is 14.4 Å². The maximum atomic E-state index is 11.4. The Kier molecular flexibility index (Phi) is 6.86. The maximum Gasteiger partial charge on any atom is 0.315 e. The largest absolute Gasteiger partial charge is 0.493 e. The third-order valence-electron chi connectivity index (χ3n) is 4.57. The van der Waals surface area contributed by atoms with Crippen LogP contribution in [0.5, 0.6) is 11.5 Å². The molecule has 0 aliphatic carbocycles. The highest BCUT2D eigenvalue weighted by Gasteiger charge is 2.21. The molecule has 8 nitrogen and oxygen atoms in total. The lowest BCUT2D eigenvalue weighted by Crippen LogP contribution is -2.02. The molecule has 0 radical (unpaired) electrons. The second-order valence-electron chi connectivity index (χ2n) is 6.94. The second kappa shape index (κ2) is 9.57. The van der Waals surface area contributed by atoms with Gasteiger partial charge in [0.25, 0.3) is 0 Å². The summed E-state index contributed by atoms with van der Waals surface area (Å²) in [6, 6.07) is 7.30. The minimum Gasteiger partial charge on any atom is -0.493 e. The fraction of sp³-hybridized carbons (Fsp3) is 0.273. The van der Waals surface area contributed by atoms with Crippen molar-refractivity contribution in [3.8, 4) is 22.8 Å². The number of hydrazone groups is 1. The van der Waals surface area contributed by atoms with Crippen molar-refractivity contribution in [2.45, 2.75) is 27.7 Å². The van der Waals surface area contributed by atoms with Gasteiger partial charge in [-0.05, 0) is 44.9 Å². The highest BCUT2D eigenvalue weighted by Crippen LogP contribution is 2.38. The smallest absolute Gasteiger partial charge is 0.315 e. The average Bonchev–Trinajstić information content (AvgIpc) is 3.16. The number of thiazole rings is 1. The van der Waals surface area contributed by atoms with Gasteiger partial charge in [0.1, 0.15) is 0 Å². The number of hydrogen-bond donors (Lipinski definition) is 1. The average molecular weight is 441 g/mol. The predicted molar refractivity (Wildman–Crippen MR) is 124 cm³/mol. The summed E-state index contributed by atoms with van der Waals surface area (Å²) in [6.07, 6.45) is 1.48. The van der Waals surface area contributed by atoms with Crippen molar-refractivity contribution in [1.82, 2.24) is 4.98 Å². The van der Waals surface area contributed by atoms with Gasteiger partial charge in [0, 0.05) is 22.6 Å². The number of nitrogens with one attached hydrogen (secondary N) is 1. The second-order valence-corrected chi connectivity index (χ2v) is 7.80. The molecule has 2 aromatic carbocycles. The minimum absolute atomic E-state index is 0.105. The number of nitro benzene ring substituents is 1. The van der Waals surface area contributed by atoms with Crippen molar-refractivity contribution in [3.05, 3.63) is 62.0 Å². The van der Waals surface area contributed by atoms with E-state index < -0.39 is 4.92 Å². The molecule has 0 saturated heterocycles. The van der Waals surface area contributed by atoms with Crippen molar-refractivity contribution >= 4 is 28.4 Å². The Hall–Kier alpha value is -3.46. The first kappa shape index (κ1) is 22.2. The number of nitro groups is 1. The first-order valence-corrected chi connectivity index (χ1v) is 10.5. The summed E-state index contributed by atoms with van der Waals surface area (Å²) in [7, 11) is 1.44. The number of rotatable bonds is 8. The van der Waals surface area contributed by atoms with Gasteiger partial charge in [0.05, 0.1) is 30.5 Å². The molecule has 0 spiro atoms. The van der Waals surface area contributed by atoms with Crippen LogP contribution in [0.2, 0.25) is 0 Å². The molecule has 1 heterocycles. The van der Waals surface area contributed by atoms with Crippen LogP contribution < -0.4 is 14.9 Å². The van der Waals surface area contributed by atoms with E-state index in [1.807, 2.05) is 5.38 Å². The Balaban J connectivity index is 1.82. The van der Waals surface area contributed by atoms with Gasteiger partial charge in [0.15, 0.2) is 5.75 Å². The van der Waals surface area contributed by atoms with Gasteiger partial charge in [-0.25, -0.2) is 4.98 Å². The Morgan fingerprint density at radius 3 is 2.55 bits per heavy atom. The number of nitrogens with zero attached hydrogens (tertiary/aromatic N) is 3. The number of hydrogen-bond acceptors (Lipinski definition) is 8.